The summed E-state index contributed by atoms with van der Waals surface area (Å²) in [7, 11) is 0. The second-order valence-corrected chi connectivity index (χ2v) is 7.53. The molecule has 25 heavy (non-hydrogen) atoms. The molecule has 8 heteroatoms. The summed E-state index contributed by atoms with van der Waals surface area (Å²) in [5, 5.41) is 3.10. The number of amides is 2. The number of hydrogen-bond donors (Lipinski definition) is 1. The fourth-order valence-corrected chi connectivity index (χ4v) is 3.89. The van der Waals surface area contributed by atoms with Crippen molar-refractivity contribution in [1.29, 1.82) is 0 Å². The molecule has 1 aliphatic rings. The van der Waals surface area contributed by atoms with Gasteiger partial charge in [-0.3, -0.25) is 9.59 Å². The van der Waals surface area contributed by atoms with E-state index in [1.165, 1.54) is 18.3 Å². The number of carbonyl (C=O) groups is 3. The molecule has 1 aliphatic heterocycles. The van der Waals surface area contributed by atoms with Crippen molar-refractivity contribution in [3.8, 4) is 0 Å². The van der Waals surface area contributed by atoms with E-state index in [1.54, 1.807) is 11.8 Å². The maximum Gasteiger partial charge on any atom is 0.341 e. The van der Waals surface area contributed by atoms with Crippen LogP contribution in [0.3, 0.4) is 0 Å². The highest BCUT2D eigenvalue weighted by Gasteiger charge is 2.27. The van der Waals surface area contributed by atoms with Crippen LogP contribution in [0.1, 0.15) is 41.6 Å². The Bertz CT molecular complexity index is 675. The molecular formula is C17H24N2O5S. The molecule has 1 aromatic heterocycles. The van der Waals surface area contributed by atoms with Gasteiger partial charge in [-0.25, -0.2) is 4.79 Å². The summed E-state index contributed by atoms with van der Waals surface area (Å²) >= 11 is 1.32. The summed E-state index contributed by atoms with van der Waals surface area (Å²) in [5.41, 5.74) is 1.06. The van der Waals surface area contributed by atoms with Crippen LogP contribution in [0.25, 0.3) is 0 Å². The lowest BCUT2D eigenvalue weighted by Crippen LogP contribution is -2.49. The van der Waals surface area contributed by atoms with Crippen LogP contribution in [-0.2, 0) is 19.1 Å². The molecule has 7 nitrogen and oxygen atoms in total. The van der Waals surface area contributed by atoms with Gasteiger partial charge in [0.1, 0.15) is 5.00 Å². The predicted molar refractivity (Wildman–Crippen MR) is 95.0 cm³/mol. The van der Waals surface area contributed by atoms with Crippen LogP contribution in [0.15, 0.2) is 0 Å². The van der Waals surface area contributed by atoms with Gasteiger partial charge in [-0.05, 0) is 33.3 Å². The van der Waals surface area contributed by atoms with E-state index in [4.69, 9.17) is 9.47 Å². The number of hydrogen-bond acceptors (Lipinski definition) is 6. The minimum Gasteiger partial charge on any atom is -0.452 e. The van der Waals surface area contributed by atoms with Gasteiger partial charge in [0.15, 0.2) is 6.61 Å². The number of morpholine rings is 1. The lowest BCUT2D eigenvalue weighted by Gasteiger charge is -2.35. The third kappa shape index (κ3) is 4.79. The lowest BCUT2D eigenvalue weighted by molar-refractivity contribution is -0.146. The summed E-state index contributed by atoms with van der Waals surface area (Å²) in [4.78, 5) is 38.6. The van der Waals surface area contributed by atoms with Crippen LogP contribution in [0.5, 0.6) is 0 Å². The molecule has 2 unspecified atom stereocenters. The smallest absolute Gasteiger partial charge is 0.341 e. The van der Waals surface area contributed by atoms with Gasteiger partial charge in [0.05, 0.1) is 17.8 Å². The van der Waals surface area contributed by atoms with Gasteiger partial charge in [0.25, 0.3) is 5.91 Å². The first-order valence-electron chi connectivity index (χ1n) is 8.17. The van der Waals surface area contributed by atoms with Gasteiger partial charge in [-0.2, -0.15) is 0 Å². The first-order chi connectivity index (χ1) is 11.7. The maximum atomic E-state index is 12.4. The number of carbonyl (C=O) groups excluding carboxylic acids is 3. The number of aryl methyl sites for hydroxylation is 1. The average molecular weight is 368 g/mol. The average Bonchev–Trinajstić information content (AvgIpc) is 2.77. The lowest BCUT2D eigenvalue weighted by atomic mass is 10.1. The highest BCUT2D eigenvalue weighted by molar-refractivity contribution is 7.16. The molecular weight excluding hydrogens is 344 g/mol. The number of nitrogens with one attached hydrogen (secondary N) is 1. The van der Waals surface area contributed by atoms with Gasteiger partial charge >= 0.3 is 5.97 Å². The van der Waals surface area contributed by atoms with Crippen molar-refractivity contribution in [3.63, 3.8) is 0 Å². The second kappa shape index (κ2) is 7.97. The molecule has 1 saturated heterocycles. The van der Waals surface area contributed by atoms with Gasteiger partial charge in [0.2, 0.25) is 5.91 Å². The zero-order valence-electron chi connectivity index (χ0n) is 15.2. The molecule has 0 spiro atoms. The Hall–Kier alpha value is -1.93. The number of esters is 1. The van der Waals surface area contributed by atoms with Crippen LogP contribution >= 0.6 is 11.3 Å². The summed E-state index contributed by atoms with van der Waals surface area (Å²) in [6, 6.07) is 0. The molecule has 2 atom stereocenters. The molecule has 1 aromatic rings. The molecule has 2 amide bonds. The quantitative estimate of drug-likeness (QED) is 0.823. The zero-order chi connectivity index (χ0) is 18.7. The van der Waals surface area contributed by atoms with Crippen molar-refractivity contribution in [1.82, 2.24) is 4.90 Å². The second-order valence-electron chi connectivity index (χ2n) is 6.30. The Labute approximate surface area is 151 Å². The van der Waals surface area contributed by atoms with Crippen molar-refractivity contribution in [3.05, 3.63) is 16.0 Å². The molecule has 0 saturated carbocycles. The van der Waals surface area contributed by atoms with Crippen LogP contribution in [0, 0.1) is 13.8 Å². The highest BCUT2D eigenvalue weighted by Crippen LogP contribution is 2.33. The maximum absolute atomic E-state index is 12.4. The third-order valence-corrected chi connectivity index (χ3v) is 5.10. The summed E-state index contributed by atoms with van der Waals surface area (Å²) in [6.07, 6.45) is -0.0897. The molecule has 1 N–H and O–H groups in total. The van der Waals surface area contributed by atoms with E-state index >= 15 is 0 Å². The molecule has 0 aliphatic carbocycles. The topological polar surface area (TPSA) is 84.9 Å². The Morgan fingerprint density at radius 1 is 1.24 bits per heavy atom. The number of rotatable bonds is 4. The van der Waals surface area contributed by atoms with Crippen LogP contribution in [0.4, 0.5) is 5.00 Å². The van der Waals surface area contributed by atoms with Crippen molar-refractivity contribution in [2.75, 3.05) is 25.0 Å². The van der Waals surface area contributed by atoms with Crippen LogP contribution in [0.2, 0.25) is 0 Å². The first kappa shape index (κ1) is 19.4. The van der Waals surface area contributed by atoms with E-state index in [9.17, 15) is 14.4 Å². The molecule has 2 rings (SSSR count). The molecule has 0 radical (unpaired) electrons. The molecule has 138 valence electrons. The largest absolute Gasteiger partial charge is 0.452 e. The first-order valence-corrected chi connectivity index (χ1v) is 8.98. The predicted octanol–water partition coefficient (Wildman–Crippen LogP) is 2.12. The molecule has 1 fully saturated rings. The van der Waals surface area contributed by atoms with E-state index in [1.807, 2.05) is 20.8 Å². The number of thiophene rings is 1. The minimum absolute atomic E-state index is 0.0449. The highest BCUT2D eigenvalue weighted by atomic mass is 32.1. The number of nitrogens with zero attached hydrogens (tertiary/aromatic N) is 1. The van der Waals surface area contributed by atoms with Gasteiger partial charge in [-0.15, -0.1) is 11.3 Å². The van der Waals surface area contributed by atoms with Crippen molar-refractivity contribution in [2.45, 2.75) is 46.8 Å². The Morgan fingerprint density at radius 2 is 1.84 bits per heavy atom. The van der Waals surface area contributed by atoms with E-state index in [-0.39, 0.29) is 30.6 Å². The van der Waals surface area contributed by atoms with E-state index < -0.39 is 5.97 Å². The van der Waals surface area contributed by atoms with Crippen LogP contribution in [-0.4, -0.2) is 54.6 Å². The SMILES string of the molecule is CC(=O)Nc1sc(C)c(C)c1C(=O)OCC(=O)N1CC(C)OC(C)C1. The fourth-order valence-electron chi connectivity index (χ4n) is 2.79. The molecule has 2 heterocycles. The third-order valence-electron chi connectivity index (χ3n) is 3.98. The normalized spacial score (nSPS) is 20.3. The number of anilines is 1. The molecule has 0 aromatic carbocycles. The molecule has 0 bridgehead atoms. The summed E-state index contributed by atoms with van der Waals surface area (Å²) in [6.45, 7) is 9.47. The van der Waals surface area contributed by atoms with E-state index in [0.717, 1.165) is 10.4 Å². The van der Waals surface area contributed by atoms with Gasteiger partial charge < -0.3 is 19.7 Å². The Balaban J connectivity index is 2.03. The minimum atomic E-state index is -0.603. The van der Waals surface area contributed by atoms with E-state index in [0.29, 0.717) is 23.7 Å². The monoisotopic (exact) mass is 368 g/mol. The summed E-state index contributed by atoms with van der Waals surface area (Å²) < 4.78 is 10.8. The van der Waals surface area contributed by atoms with Crippen molar-refractivity contribution >= 4 is 34.1 Å². The summed E-state index contributed by atoms with van der Waals surface area (Å²) in [5.74, 6) is -1.11. The Morgan fingerprint density at radius 3 is 2.40 bits per heavy atom. The van der Waals surface area contributed by atoms with Crippen LogP contribution < -0.4 is 5.32 Å². The Kier molecular flexibility index (Phi) is 6.18. The van der Waals surface area contributed by atoms with Gasteiger partial charge in [-0.1, -0.05) is 0 Å². The fraction of sp³-hybridized carbons (Fsp3) is 0.588. The van der Waals surface area contributed by atoms with Crippen molar-refractivity contribution in [2.24, 2.45) is 0 Å². The standard InChI is InChI=1S/C17H24N2O5S/c1-9-6-19(7-10(2)24-9)14(21)8-23-17(22)15-11(3)12(4)25-16(15)18-13(5)20/h9-10H,6-8H2,1-5H3,(H,18,20). The van der Waals surface area contributed by atoms with Crippen molar-refractivity contribution < 1.29 is 23.9 Å². The van der Waals surface area contributed by atoms with E-state index in [2.05, 4.69) is 5.32 Å². The zero-order valence-corrected chi connectivity index (χ0v) is 16.0. The number of ether oxygens (including phenoxy) is 2. The van der Waals surface area contributed by atoms with Gasteiger partial charge in [0, 0.05) is 24.9 Å².